The first-order chi connectivity index (χ1) is 7.74. The van der Waals surface area contributed by atoms with Crippen molar-refractivity contribution >= 4 is 11.8 Å². The van der Waals surface area contributed by atoms with Crippen molar-refractivity contribution in [1.29, 1.82) is 0 Å². The van der Waals surface area contributed by atoms with Gasteiger partial charge in [-0.3, -0.25) is 9.59 Å². The van der Waals surface area contributed by atoms with Gasteiger partial charge >= 0.3 is 11.8 Å². The van der Waals surface area contributed by atoms with Gasteiger partial charge in [0.1, 0.15) is 0 Å². The Bertz CT molecular complexity index is 237. The molecule has 92 valence electrons. The highest BCUT2D eigenvalue weighted by molar-refractivity contribution is 6.35. The number of rotatable bonds is 5. The first kappa shape index (κ1) is 13.0. The highest BCUT2D eigenvalue weighted by Crippen LogP contribution is 2.17. The number of ether oxygens (including phenoxy) is 1. The molecular formula is C11H20N2O3. The van der Waals surface area contributed by atoms with Gasteiger partial charge in [-0.1, -0.05) is 12.8 Å². The highest BCUT2D eigenvalue weighted by Gasteiger charge is 2.20. The maximum absolute atomic E-state index is 11.4. The summed E-state index contributed by atoms with van der Waals surface area (Å²) >= 11 is 0. The molecule has 0 saturated heterocycles. The Hall–Kier alpha value is -1.10. The van der Waals surface area contributed by atoms with E-state index in [1.54, 1.807) is 7.11 Å². The molecule has 2 N–H and O–H groups in total. The fourth-order valence-corrected chi connectivity index (χ4v) is 1.82. The molecule has 1 aliphatic carbocycles. The molecule has 0 heterocycles. The maximum atomic E-state index is 11.4. The van der Waals surface area contributed by atoms with Gasteiger partial charge in [-0.2, -0.15) is 0 Å². The van der Waals surface area contributed by atoms with Crippen molar-refractivity contribution in [2.24, 2.45) is 0 Å². The molecule has 0 bridgehead atoms. The third-order valence-corrected chi connectivity index (χ3v) is 2.71. The highest BCUT2D eigenvalue weighted by atomic mass is 16.5. The molecule has 0 spiro atoms. The molecule has 0 aromatic heterocycles. The molecule has 1 saturated carbocycles. The second-order valence-corrected chi connectivity index (χ2v) is 4.06. The Kier molecular flexibility index (Phi) is 5.85. The van der Waals surface area contributed by atoms with Crippen molar-refractivity contribution in [3.8, 4) is 0 Å². The molecule has 2 amide bonds. The Balaban J connectivity index is 2.12. The molecule has 5 nitrogen and oxygen atoms in total. The van der Waals surface area contributed by atoms with Gasteiger partial charge < -0.3 is 15.4 Å². The van der Waals surface area contributed by atoms with Gasteiger partial charge in [0.05, 0.1) is 0 Å². The topological polar surface area (TPSA) is 67.4 Å². The monoisotopic (exact) mass is 228 g/mol. The van der Waals surface area contributed by atoms with Crippen LogP contribution in [0.2, 0.25) is 0 Å². The first-order valence-corrected chi connectivity index (χ1v) is 5.81. The molecule has 0 unspecified atom stereocenters. The summed E-state index contributed by atoms with van der Waals surface area (Å²) in [5, 5.41) is 5.30. The number of methoxy groups -OCH3 is 1. The zero-order chi connectivity index (χ0) is 11.8. The van der Waals surface area contributed by atoms with E-state index >= 15 is 0 Å². The summed E-state index contributed by atoms with van der Waals surface area (Å²) in [5.41, 5.74) is 0. The summed E-state index contributed by atoms with van der Waals surface area (Å²) in [4.78, 5) is 22.7. The summed E-state index contributed by atoms with van der Waals surface area (Å²) in [7, 11) is 1.61. The van der Waals surface area contributed by atoms with Crippen molar-refractivity contribution in [2.45, 2.75) is 38.1 Å². The predicted octanol–water partition coefficient (Wildman–Crippen LogP) is 0.198. The van der Waals surface area contributed by atoms with Gasteiger partial charge in [0, 0.05) is 26.3 Å². The van der Waals surface area contributed by atoms with E-state index in [2.05, 4.69) is 10.6 Å². The lowest BCUT2D eigenvalue weighted by Gasteiger charge is -2.11. The fraction of sp³-hybridized carbons (Fsp3) is 0.818. The van der Waals surface area contributed by atoms with Gasteiger partial charge in [0.15, 0.2) is 0 Å². The zero-order valence-corrected chi connectivity index (χ0v) is 9.75. The zero-order valence-electron chi connectivity index (χ0n) is 9.75. The minimum atomic E-state index is -0.539. The van der Waals surface area contributed by atoms with Crippen molar-refractivity contribution < 1.29 is 14.3 Å². The van der Waals surface area contributed by atoms with Crippen LogP contribution in [-0.4, -0.2) is 38.1 Å². The number of carbonyl (C=O) groups is 2. The van der Waals surface area contributed by atoms with Crippen LogP contribution in [0.3, 0.4) is 0 Å². The Labute approximate surface area is 95.9 Å². The predicted molar refractivity (Wildman–Crippen MR) is 59.9 cm³/mol. The average molecular weight is 228 g/mol. The van der Waals surface area contributed by atoms with Crippen molar-refractivity contribution in [1.82, 2.24) is 10.6 Å². The number of amides is 2. The van der Waals surface area contributed by atoms with Crippen LogP contribution in [0.1, 0.15) is 32.1 Å². The lowest BCUT2D eigenvalue weighted by molar-refractivity contribution is -0.139. The largest absolute Gasteiger partial charge is 0.385 e. The molecular weight excluding hydrogens is 208 g/mol. The summed E-state index contributed by atoms with van der Waals surface area (Å²) in [6, 6.07) is 0.192. The molecule has 16 heavy (non-hydrogen) atoms. The van der Waals surface area contributed by atoms with Crippen LogP contribution in [0, 0.1) is 0 Å². The van der Waals surface area contributed by atoms with E-state index in [4.69, 9.17) is 4.74 Å². The second kappa shape index (κ2) is 7.22. The molecule has 5 heteroatoms. The van der Waals surface area contributed by atoms with Gasteiger partial charge in [0.25, 0.3) is 0 Å². The van der Waals surface area contributed by atoms with Crippen molar-refractivity contribution in [2.75, 3.05) is 20.3 Å². The summed E-state index contributed by atoms with van der Waals surface area (Å²) in [6.07, 6.45) is 4.98. The van der Waals surface area contributed by atoms with E-state index in [0.29, 0.717) is 13.2 Å². The van der Waals surface area contributed by atoms with E-state index in [9.17, 15) is 9.59 Å². The van der Waals surface area contributed by atoms with E-state index in [1.807, 2.05) is 0 Å². The Morgan fingerprint density at radius 3 is 2.56 bits per heavy atom. The van der Waals surface area contributed by atoms with Crippen LogP contribution in [0.25, 0.3) is 0 Å². The minimum absolute atomic E-state index is 0.192. The van der Waals surface area contributed by atoms with Crippen molar-refractivity contribution in [3.63, 3.8) is 0 Å². The molecule has 0 atom stereocenters. The van der Waals surface area contributed by atoms with Crippen LogP contribution in [0.5, 0.6) is 0 Å². The summed E-state index contributed by atoms with van der Waals surface area (Å²) in [5.74, 6) is -1.05. The van der Waals surface area contributed by atoms with Crippen LogP contribution in [-0.2, 0) is 14.3 Å². The molecule has 1 rings (SSSR count). The minimum Gasteiger partial charge on any atom is -0.385 e. The van der Waals surface area contributed by atoms with Crippen LogP contribution in [0.4, 0.5) is 0 Å². The van der Waals surface area contributed by atoms with E-state index in [1.165, 1.54) is 0 Å². The lowest BCUT2D eigenvalue weighted by atomic mass is 10.2. The van der Waals surface area contributed by atoms with Crippen LogP contribution in [0.15, 0.2) is 0 Å². The summed E-state index contributed by atoms with van der Waals surface area (Å²) in [6.45, 7) is 1.06. The molecule has 0 radical (unpaired) electrons. The van der Waals surface area contributed by atoms with Crippen molar-refractivity contribution in [3.05, 3.63) is 0 Å². The normalized spacial score (nSPS) is 16.1. The average Bonchev–Trinajstić information content (AvgIpc) is 2.76. The van der Waals surface area contributed by atoms with E-state index in [0.717, 1.165) is 32.1 Å². The number of nitrogens with one attached hydrogen (secondary N) is 2. The molecule has 0 aliphatic heterocycles. The number of hydrogen-bond donors (Lipinski definition) is 2. The van der Waals surface area contributed by atoms with E-state index in [-0.39, 0.29) is 6.04 Å². The molecule has 0 aromatic rings. The van der Waals surface area contributed by atoms with Gasteiger partial charge in [-0.15, -0.1) is 0 Å². The fourth-order valence-electron chi connectivity index (χ4n) is 1.82. The van der Waals surface area contributed by atoms with Gasteiger partial charge in [-0.25, -0.2) is 0 Å². The Morgan fingerprint density at radius 1 is 1.25 bits per heavy atom. The van der Waals surface area contributed by atoms with Crippen LogP contribution >= 0.6 is 0 Å². The number of hydrogen-bond acceptors (Lipinski definition) is 3. The molecule has 1 fully saturated rings. The quantitative estimate of drug-likeness (QED) is 0.521. The standard InChI is InChI=1S/C11H20N2O3/c1-16-8-4-7-12-10(14)11(15)13-9-5-2-3-6-9/h9H,2-8H2,1H3,(H,12,14)(H,13,15). The smallest absolute Gasteiger partial charge is 0.309 e. The lowest BCUT2D eigenvalue weighted by Crippen LogP contribution is -2.44. The van der Waals surface area contributed by atoms with Gasteiger partial charge in [-0.05, 0) is 19.3 Å². The van der Waals surface area contributed by atoms with Gasteiger partial charge in [0.2, 0.25) is 0 Å². The third kappa shape index (κ3) is 4.61. The summed E-state index contributed by atoms with van der Waals surface area (Å²) < 4.78 is 4.84. The Morgan fingerprint density at radius 2 is 1.94 bits per heavy atom. The third-order valence-electron chi connectivity index (χ3n) is 2.71. The van der Waals surface area contributed by atoms with E-state index < -0.39 is 11.8 Å². The first-order valence-electron chi connectivity index (χ1n) is 5.81. The molecule has 1 aliphatic rings. The SMILES string of the molecule is COCCCNC(=O)C(=O)NC1CCCC1. The maximum Gasteiger partial charge on any atom is 0.309 e. The number of carbonyl (C=O) groups excluding carboxylic acids is 2. The second-order valence-electron chi connectivity index (χ2n) is 4.06. The van der Waals surface area contributed by atoms with Crippen LogP contribution < -0.4 is 10.6 Å². The molecule has 0 aromatic carbocycles.